The molecule has 0 atom stereocenters. The zero-order chi connectivity index (χ0) is 20.7. The van der Waals surface area contributed by atoms with Crippen LogP contribution in [0.1, 0.15) is 25.0 Å². The molecule has 2 aromatic carbocycles. The maximum Gasteiger partial charge on any atom is 0.417 e. The molecule has 1 N–H and O–H groups in total. The first-order valence-corrected chi connectivity index (χ1v) is 8.24. The average molecular weight is 389 g/mol. The monoisotopic (exact) mass is 389 g/mol. The van der Waals surface area contributed by atoms with Crippen LogP contribution in [-0.4, -0.2) is 10.5 Å². The molecule has 144 valence electrons. The number of alkyl halides is 3. The Morgan fingerprint density at radius 3 is 2.46 bits per heavy atom. The van der Waals surface area contributed by atoms with Gasteiger partial charge >= 0.3 is 6.18 Å². The summed E-state index contributed by atoms with van der Waals surface area (Å²) in [5, 5.41) is 12.0. The number of benzene rings is 2. The van der Waals surface area contributed by atoms with Crippen LogP contribution < -0.4 is 5.32 Å². The molecule has 28 heavy (non-hydrogen) atoms. The Labute approximate surface area is 158 Å². The number of carbonyl (C=O) groups excluding carboxylic acids is 1. The Balaban J connectivity index is 1.96. The Morgan fingerprint density at radius 1 is 1.11 bits per heavy atom. The van der Waals surface area contributed by atoms with Crippen molar-refractivity contribution in [3.63, 3.8) is 0 Å². The highest BCUT2D eigenvalue weighted by molar-refractivity contribution is 5.97. The summed E-state index contributed by atoms with van der Waals surface area (Å²) >= 11 is 0. The molecule has 4 nitrogen and oxygen atoms in total. The number of aromatic nitrogens is 1. The molecule has 0 aliphatic rings. The molecule has 0 aliphatic heterocycles. The van der Waals surface area contributed by atoms with Crippen LogP contribution in [0.2, 0.25) is 0 Å². The van der Waals surface area contributed by atoms with Gasteiger partial charge in [0, 0.05) is 11.9 Å². The second-order valence-electron chi connectivity index (χ2n) is 6.77. The highest BCUT2D eigenvalue weighted by Crippen LogP contribution is 2.34. The first-order chi connectivity index (χ1) is 13.0. The van der Waals surface area contributed by atoms with E-state index >= 15 is 0 Å². The molecule has 3 aromatic rings. The Kier molecular flexibility index (Phi) is 4.63. The molecule has 3 rings (SSSR count). The fraction of sp³-hybridized carbons (Fsp3) is 0.200. The molecule has 0 saturated heterocycles. The van der Waals surface area contributed by atoms with Gasteiger partial charge in [-0.3, -0.25) is 4.79 Å². The van der Waals surface area contributed by atoms with Gasteiger partial charge in [-0.15, -0.1) is 0 Å². The van der Waals surface area contributed by atoms with Crippen molar-refractivity contribution in [2.75, 3.05) is 5.32 Å². The number of nitrogens with zero attached hydrogens (tertiary/aromatic N) is 2. The lowest BCUT2D eigenvalue weighted by Crippen LogP contribution is -2.39. The summed E-state index contributed by atoms with van der Waals surface area (Å²) in [6, 6.07) is 10.3. The van der Waals surface area contributed by atoms with Crippen molar-refractivity contribution >= 4 is 22.5 Å². The minimum absolute atomic E-state index is 0.0907. The number of hydrogen-bond acceptors (Lipinski definition) is 2. The molecule has 1 heterocycles. The Bertz CT molecular complexity index is 1110. The number of nitrogens with one attached hydrogen (secondary N) is 1. The first-order valence-electron chi connectivity index (χ1n) is 8.24. The number of anilines is 1. The van der Waals surface area contributed by atoms with E-state index in [4.69, 9.17) is 5.26 Å². The second-order valence-corrected chi connectivity index (χ2v) is 6.77. The zero-order valence-corrected chi connectivity index (χ0v) is 14.9. The van der Waals surface area contributed by atoms with Gasteiger partial charge in [-0.05, 0) is 61.7 Å². The van der Waals surface area contributed by atoms with E-state index in [-0.39, 0.29) is 5.69 Å². The van der Waals surface area contributed by atoms with Crippen LogP contribution in [0.4, 0.5) is 23.2 Å². The molecule has 1 amide bonds. The summed E-state index contributed by atoms with van der Waals surface area (Å²) in [4.78, 5) is 12.8. The van der Waals surface area contributed by atoms with E-state index in [1.165, 1.54) is 24.3 Å². The topological polar surface area (TPSA) is 57.8 Å². The van der Waals surface area contributed by atoms with E-state index < -0.39 is 34.6 Å². The third-order valence-corrected chi connectivity index (χ3v) is 4.52. The number of halogens is 4. The molecular weight excluding hydrogens is 374 g/mol. The third kappa shape index (κ3) is 3.43. The molecule has 0 radical (unpaired) electrons. The lowest BCUT2D eigenvalue weighted by molar-refractivity contribution is -0.137. The molecular formula is C20H15F4N3O. The van der Waals surface area contributed by atoms with Crippen LogP contribution in [-0.2, 0) is 16.5 Å². The number of carbonyl (C=O) groups is 1. The number of nitriles is 1. The summed E-state index contributed by atoms with van der Waals surface area (Å²) in [7, 11) is 0. The smallest absolute Gasteiger partial charge is 0.333 e. The summed E-state index contributed by atoms with van der Waals surface area (Å²) in [6.07, 6.45) is -3.11. The van der Waals surface area contributed by atoms with Crippen LogP contribution in [0.3, 0.4) is 0 Å². The van der Waals surface area contributed by atoms with Crippen LogP contribution in [0.5, 0.6) is 0 Å². The van der Waals surface area contributed by atoms with Gasteiger partial charge in [0.1, 0.15) is 11.4 Å². The van der Waals surface area contributed by atoms with E-state index in [0.29, 0.717) is 5.52 Å². The van der Waals surface area contributed by atoms with Gasteiger partial charge < -0.3 is 9.88 Å². The van der Waals surface area contributed by atoms with Gasteiger partial charge in [0.05, 0.1) is 22.7 Å². The van der Waals surface area contributed by atoms with Crippen LogP contribution in [0.25, 0.3) is 10.9 Å². The van der Waals surface area contributed by atoms with Gasteiger partial charge in [0.15, 0.2) is 0 Å². The lowest BCUT2D eigenvalue weighted by Gasteiger charge is -2.27. The first kappa shape index (κ1) is 19.4. The van der Waals surface area contributed by atoms with Crippen molar-refractivity contribution in [3.8, 4) is 6.07 Å². The van der Waals surface area contributed by atoms with Crippen molar-refractivity contribution < 1.29 is 22.4 Å². The van der Waals surface area contributed by atoms with Crippen LogP contribution in [0.15, 0.2) is 48.7 Å². The molecule has 1 aromatic heterocycles. The SMILES string of the molecule is CC(C)(C(=O)Nc1ccc(C#N)c(C(F)(F)F)c1)n1ccc2ccc(F)cc21. The van der Waals surface area contributed by atoms with Gasteiger partial charge in [0.2, 0.25) is 5.91 Å². The quantitative estimate of drug-likeness (QED) is 0.638. The maximum absolute atomic E-state index is 13.6. The Morgan fingerprint density at radius 2 is 1.82 bits per heavy atom. The molecule has 0 unspecified atom stereocenters. The van der Waals surface area contributed by atoms with E-state index in [9.17, 15) is 22.4 Å². The van der Waals surface area contributed by atoms with Crippen molar-refractivity contribution in [1.82, 2.24) is 4.57 Å². The van der Waals surface area contributed by atoms with E-state index in [1.807, 2.05) is 0 Å². The molecule has 8 heteroatoms. The predicted octanol–water partition coefficient (Wildman–Crippen LogP) is 5.04. The fourth-order valence-electron chi connectivity index (χ4n) is 2.94. The van der Waals surface area contributed by atoms with Crippen LogP contribution >= 0.6 is 0 Å². The van der Waals surface area contributed by atoms with Crippen LogP contribution in [0, 0.1) is 17.1 Å². The zero-order valence-electron chi connectivity index (χ0n) is 14.9. The normalized spacial score (nSPS) is 12.0. The van der Waals surface area contributed by atoms with Gasteiger partial charge in [-0.2, -0.15) is 18.4 Å². The molecule has 0 saturated carbocycles. The number of fused-ring (bicyclic) bond motifs is 1. The average Bonchev–Trinajstić information content (AvgIpc) is 3.04. The molecule has 0 spiro atoms. The third-order valence-electron chi connectivity index (χ3n) is 4.52. The Hall–Kier alpha value is -3.34. The van der Waals surface area contributed by atoms with E-state index in [2.05, 4.69) is 5.32 Å². The minimum atomic E-state index is -4.73. The second kappa shape index (κ2) is 6.68. The lowest BCUT2D eigenvalue weighted by atomic mass is 10.0. The minimum Gasteiger partial charge on any atom is -0.333 e. The van der Waals surface area contributed by atoms with E-state index in [0.717, 1.165) is 17.5 Å². The largest absolute Gasteiger partial charge is 0.417 e. The number of rotatable bonds is 3. The highest BCUT2D eigenvalue weighted by atomic mass is 19.4. The van der Waals surface area contributed by atoms with Gasteiger partial charge in [0.25, 0.3) is 0 Å². The summed E-state index contributed by atoms with van der Waals surface area (Å²) in [5.74, 6) is -1.06. The van der Waals surface area contributed by atoms with Crippen molar-refractivity contribution in [3.05, 3.63) is 65.6 Å². The number of amides is 1. The fourth-order valence-corrected chi connectivity index (χ4v) is 2.94. The predicted molar refractivity (Wildman–Crippen MR) is 96.0 cm³/mol. The number of hydrogen-bond donors (Lipinski definition) is 1. The van der Waals surface area contributed by atoms with Crippen molar-refractivity contribution in [2.45, 2.75) is 25.6 Å². The van der Waals surface area contributed by atoms with Crippen molar-refractivity contribution in [2.24, 2.45) is 0 Å². The molecule has 0 aliphatic carbocycles. The van der Waals surface area contributed by atoms with E-state index in [1.54, 1.807) is 36.7 Å². The summed E-state index contributed by atoms with van der Waals surface area (Å²) < 4.78 is 54.5. The highest BCUT2D eigenvalue weighted by Gasteiger charge is 2.35. The summed E-state index contributed by atoms with van der Waals surface area (Å²) in [5.41, 5.74) is -2.49. The maximum atomic E-state index is 13.6. The standard InChI is InChI=1S/C20H15F4N3O/c1-19(2,27-8-7-12-3-5-14(21)9-17(12)27)18(28)26-15-6-4-13(11-25)16(10-15)20(22,23)24/h3-10H,1-2H3,(H,26,28). The molecule has 0 bridgehead atoms. The molecule has 0 fully saturated rings. The van der Waals surface area contributed by atoms with Gasteiger partial charge in [-0.25, -0.2) is 4.39 Å². The van der Waals surface area contributed by atoms with Gasteiger partial charge in [-0.1, -0.05) is 0 Å². The summed E-state index contributed by atoms with van der Waals surface area (Å²) in [6.45, 7) is 3.14. The van der Waals surface area contributed by atoms with Crippen molar-refractivity contribution in [1.29, 1.82) is 5.26 Å².